The van der Waals surface area contributed by atoms with Crippen LogP contribution in [-0.2, 0) is 4.79 Å². The Morgan fingerprint density at radius 1 is 1.04 bits per heavy atom. The van der Waals surface area contributed by atoms with Crippen molar-refractivity contribution in [1.29, 1.82) is 0 Å². The molecule has 2 rings (SSSR count). The minimum atomic E-state index is -0.876. The van der Waals surface area contributed by atoms with E-state index in [0.29, 0.717) is 35.8 Å². The van der Waals surface area contributed by atoms with Crippen LogP contribution in [0.5, 0.6) is 17.2 Å². The topological polar surface area (TPSA) is 85.3 Å². The molecule has 1 aromatic carbocycles. The average Bonchev–Trinajstić information content (AvgIpc) is 2.59. The maximum Gasteiger partial charge on any atom is 0.308 e. The first-order valence-electron chi connectivity index (χ1n) is 7.73. The highest BCUT2D eigenvalue weighted by Gasteiger charge is 2.33. The van der Waals surface area contributed by atoms with Gasteiger partial charge in [0.25, 0.3) is 5.91 Å². The van der Waals surface area contributed by atoms with Crippen molar-refractivity contribution in [2.75, 3.05) is 34.4 Å². The number of methoxy groups -OCH3 is 3. The summed E-state index contributed by atoms with van der Waals surface area (Å²) in [5.41, 5.74) is 0.327. The van der Waals surface area contributed by atoms with Crippen molar-refractivity contribution in [2.45, 2.75) is 13.3 Å². The molecule has 0 saturated carbocycles. The van der Waals surface area contributed by atoms with Crippen LogP contribution in [0.25, 0.3) is 0 Å². The van der Waals surface area contributed by atoms with Gasteiger partial charge in [0.05, 0.1) is 32.8 Å². The first-order chi connectivity index (χ1) is 11.4. The zero-order valence-corrected chi connectivity index (χ0v) is 14.4. The number of piperidine rings is 1. The Hall–Kier alpha value is -2.44. The minimum Gasteiger partial charge on any atom is -0.496 e. The normalized spacial score (nSPS) is 20.4. The maximum absolute atomic E-state index is 12.9. The third kappa shape index (κ3) is 3.55. The Bertz CT molecular complexity index is 630. The van der Waals surface area contributed by atoms with E-state index in [-0.39, 0.29) is 18.4 Å². The predicted molar refractivity (Wildman–Crippen MR) is 86.9 cm³/mol. The Kier molecular flexibility index (Phi) is 5.54. The van der Waals surface area contributed by atoms with Gasteiger partial charge in [-0.15, -0.1) is 0 Å². The molecule has 1 aliphatic heterocycles. The summed E-state index contributed by atoms with van der Waals surface area (Å²) in [6.07, 6.45) is 0.572. The van der Waals surface area contributed by atoms with Crippen LogP contribution in [0.4, 0.5) is 0 Å². The van der Waals surface area contributed by atoms with Crippen molar-refractivity contribution in [2.24, 2.45) is 11.8 Å². The van der Waals surface area contributed by atoms with Crippen molar-refractivity contribution in [1.82, 2.24) is 4.90 Å². The Morgan fingerprint density at radius 2 is 1.62 bits per heavy atom. The van der Waals surface area contributed by atoms with E-state index in [4.69, 9.17) is 14.2 Å². The fourth-order valence-electron chi connectivity index (χ4n) is 3.06. The zero-order valence-electron chi connectivity index (χ0n) is 14.4. The van der Waals surface area contributed by atoms with Crippen molar-refractivity contribution >= 4 is 11.9 Å². The Morgan fingerprint density at radius 3 is 2.17 bits per heavy atom. The maximum atomic E-state index is 12.9. The van der Waals surface area contributed by atoms with Crippen molar-refractivity contribution in [3.63, 3.8) is 0 Å². The number of ether oxygens (including phenoxy) is 3. The molecule has 0 aliphatic carbocycles. The van der Waals surface area contributed by atoms with Crippen LogP contribution in [0.3, 0.4) is 0 Å². The molecule has 1 saturated heterocycles. The molecular weight excluding hydrogens is 314 g/mol. The number of carbonyl (C=O) groups excluding carboxylic acids is 1. The van der Waals surface area contributed by atoms with Crippen molar-refractivity contribution < 1.29 is 28.9 Å². The van der Waals surface area contributed by atoms with Gasteiger partial charge >= 0.3 is 5.97 Å². The van der Waals surface area contributed by atoms with E-state index in [1.165, 1.54) is 21.3 Å². The second kappa shape index (κ2) is 7.42. The lowest BCUT2D eigenvalue weighted by atomic mass is 9.90. The fourth-order valence-corrected chi connectivity index (χ4v) is 3.06. The van der Waals surface area contributed by atoms with E-state index in [1.807, 2.05) is 6.92 Å². The molecule has 2 atom stereocenters. The lowest BCUT2D eigenvalue weighted by Crippen LogP contribution is -2.45. The van der Waals surface area contributed by atoms with E-state index >= 15 is 0 Å². The second-order valence-electron chi connectivity index (χ2n) is 5.99. The summed E-state index contributed by atoms with van der Waals surface area (Å²) in [6, 6.07) is 3.16. The first kappa shape index (κ1) is 17.9. The molecule has 7 heteroatoms. The van der Waals surface area contributed by atoms with Crippen LogP contribution < -0.4 is 14.2 Å². The molecular formula is C17H23NO6. The first-order valence-corrected chi connectivity index (χ1v) is 7.73. The van der Waals surface area contributed by atoms with Gasteiger partial charge in [0, 0.05) is 25.2 Å². The van der Waals surface area contributed by atoms with E-state index in [2.05, 4.69) is 0 Å². The summed E-state index contributed by atoms with van der Waals surface area (Å²) >= 11 is 0. The number of aliphatic carboxylic acids is 1. The largest absolute Gasteiger partial charge is 0.496 e. The molecule has 0 spiro atoms. The predicted octanol–water partition coefficient (Wildman–Crippen LogP) is 1.90. The number of hydrogen-bond donors (Lipinski definition) is 1. The van der Waals surface area contributed by atoms with E-state index in [1.54, 1.807) is 17.0 Å². The molecule has 7 nitrogen and oxygen atoms in total. The molecule has 0 radical (unpaired) electrons. The molecule has 24 heavy (non-hydrogen) atoms. The summed E-state index contributed by atoms with van der Waals surface area (Å²) in [6.45, 7) is 2.65. The number of carboxylic acids is 1. The number of hydrogen-bond acceptors (Lipinski definition) is 5. The van der Waals surface area contributed by atoms with Gasteiger partial charge in [0.15, 0.2) is 11.5 Å². The quantitative estimate of drug-likeness (QED) is 0.883. The van der Waals surface area contributed by atoms with Gasteiger partial charge in [-0.05, 0) is 12.3 Å². The third-order valence-corrected chi connectivity index (χ3v) is 4.23. The average molecular weight is 337 g/mol. The summed E-state index contributed by atoms with van der Waals surface area (Å²) in [5, 5.41) is 9.28. The molecule has 0 aromatic heterocycles. The standard InChI is InChI=1S/C17H23NO6/c1-10-5-11(17(20)21)9-18(8-10)16(19)12-6-14(23-3)15(24-4)7-13(12)22-2/h6-7,10-11H,5,8-9H2,1-4H3,(H,20,21). The highest BCUT2D eigenvalue weighted by atomic mass is 16.5. The van der Waals surface area contributed by atoms with Crippen LogP contribution in [0.15, 0.2) is 12.1 Å². The Labute approximate surface area is 141 Å². The number of amides is 1. The Balaban J connectivity index is 2.36. The number of benzene rings is 1. The summed E-state index contributed by atoms with van der Waals surface area (Å²) in [5.74, 6) is -0.339. The van der Waals surface area contributed by atoms with Gasteiger partial charge in [0.2, 0.25) is 0 Å². The molecule has 132 valence electrons. The van der Waals surface area contributed by atoms with E-state index in [9.17, 15) is 14.7 Å². The lowest BCUT2D eigenvalue weighted by molar-refractivity contribution is -0.143. The monoisotopic (exact) mass is 337 g/mol. The number of carboxylic acid groups (broad SMARTS) is 1. The second-order valence-corrected chi connectivity index (χ2v) is 5.99. The SMILES string of the molecule is COc1cc(OC)c(C(=O)N2CC(C)CC(C(=O)O)C2)cc1OC. The highest BCUT2D eigenvalue weighted by molar-refractivity contribution is 5.98. The van der Waals surface area contributed by atoms with Crippen LogP contribution >= 0.6 is 0 Å². The smallest absolute Gasteiger partial charge is 0.308 e. The van der Waals surface area contributed by atoms with Gasteiger partial charge in [-0.25, -0.2) is 0 Å². The highest BCUT2D eigenvalue weighted by Crippen LogP contribution is 2.36. The summed E-state index contributed by atoms with van der Waals surface area (Å²) in [7, 11) is 4.46. The van der Waals surface area contributed by atoms with Gasteiger partial charge in [-0.1, -0.05) is 6.92 Å². The molecule has 1 amide bonds. The number of nitrogens with zero attached hydrogens (tertiary/aromatic N) is 1. The molecule has 1 fully saturated rings. The molecule has 1 aliphatic rings. The number of rotatable bonds is 5. The van der Waals surface area contributed by atoms with E-state index < -0.39 is 11.9 Å². The van der Waals surface area contributed by atoms with Gasteiger partial charge in [0.1, 0.15) is 5.75 Å². The van der Waals surface area contributed by atoms with E-state index in [0.717, 1.165) is 0 Å². The number of carbonyl (C=O) groups is 2. The van der Waals surface area contributed by atoms with Crippen molar-refractivity contribution in [3.05, 3.63) is 17.7 Å². The van der Waals surface area contributed by atoms with Crippen LogP contribution in [0.2, 0.25) is 0 Å². The van der Waals surface area contributed by atoms with Crippen LogP contribution in [0.1, 0.15) is 23.7 Å². The molecule has 1 N–H and O–H groups in total. The van der Waals surface area contributed by atoms with Crippen molar-refractivity contribution in [3.8, 4) is 17.2 Å². The molecule has 0 bridgehead atoms. The molecule has 2 unspecified atom stereocenters. The zero-order chi connectivity index (χ0) is 17.9. The van der Waals surface area contributed by atoms with Crippen LogP contribution in [0, 0.1) is 11.8 Å². The summed E-state index contributed by atoms with van der Waals surface area (Å²) in [4.78, 5) is 25.8. The van der Waals surface area contributed by atoms with Gasteiger partial charge in [-0.3, -0.25) is 9.59 Å². The summed E-state index contributed by atoms with van der Waals surface area (Å²) < 4.78 is 15.8. The van der Waals surface area contributed by atoms with Gasteiger partial charge in [-0.2, -0.15) is 0 Å². The number of likely N-dealkylation sites (tertiary alicyclic amines) is 1. The molecule has 1 heterocycles. The van der Waals surface area contributed by atoms with Gasteiger partial charge < -0.3 is 24.2 Å². The third-order valence-electron chi connectivity index (χ3n) is 4.23. The van der Waals surface area contributed by atoms with Crippen LogP contribution in [-0.4, -0.2) is 56.3 Å². The molecule has 1 aromatic rings. The fraction of sp³-hybridized carbons (Fsp3) is 0.529. The minimum absolute atomic E-state index is 0.120. The lowest BCUT2D eigenvalue weighted by Gasteiger charge is -2.35.